The molecule has 0 aliphatic rings. The summed E-state index contributed by atoms with van der Waals surface area (Å²) in [6, 6.07) is 0. The van der Waals surface area contributed by atoms with E-state index in [-0.39, 0.29) is 12.3 Å². The molecular formula is C8H16FNO2. The Bertz CT molecular complexity index is 161. The molecule has 1 atom stereocenters. The molecule has 0 radical (unpaired) electrons. The van der Waals surface area contributed by atoms with E-state index in [0.717, 1.165) is 0 Å². The molecular weight excluding hydrogens is 161 g/mol. The van der Waals surface area contributed by atoms with Gasteiger partial charge in [0.05, 0.1) is 6.67 Å². The third-order valence-electron chi connectivity index (χ3n) is 1.74. The number of nitrogens with two attached hydrogens (primary N) is 1. The lowest BCUT2D eigenvalue weighted by molar-refractivity contribution is -0.144. The summed E-state index contributed by atoms with van der Waals surface area (Å²) in [5.41, 5.74) is 4.13. The number of hydrogen-bond donors (Lipinski definition) is 2. The predicted molar refractivity (Wildman–Crippen MR) is 44.6 cm³/mol. The van der Waals surface area contributed by atoms with Crippen molar-refractivity contribution >= 4 is 5.97 Å². The molecule has 72 valence electrons. The van der Waals surface area contributed by atoms with E-state index in [9.17, 15) is 9.18 Å². The topological polar surface area (TPSA) is 63.3 Å². The molecule has 0 aromatic carbocycles. The molecule has 0 amide bonds. The number of halogens is 1. The maximum Gasteiger partial charge on any atom is 0.323 e. The molecule has 0 aromatic rings. The normalized spacial score (nSPS) is 16.1. The standard InChI is InChI=1S/C8H16FNO2/c1-6(2)5-8(10,3-4-9)7(11)12/h6H,3-5,10H2,1-2H3,(H,11,12)/t8-/m1/s1. The Labute approximate surface area is 71.8 Å². The van der Waals surface area contributed by atoms with Crippen molar-refractivity contribution in [2.24, 2.45) is 11.7 Å². The average Bonchev–Trinajstić information content (AvgIpc) is 1.85. The summed E-state index contributed by atoms with van der Waals surface area (Å²) in [5, 5.41) is 8.72. The second-order valence-corrected chi connectivity index (χ2v) is 3.50. The monoisotopic (exact) mass is 177 g/mol. The summed E-state index contributed by atoms with van der Waals surface area (Å²) in [4.78, 5) is 10.7. The molecule has 12 heavy (non-hydrogen) atoms. The largest absolute Gasteiger partial charge is 0.480 e. The Morgan fingerprint density at radius 1 is 1.67 bits per heavy atom. The van der Waals surface area contributed by atoms with Crippen LogP contribution < -0.4 is 5.73 Å². The van der Waals surface area contributed by atoms with Crippen LogP contribution >= 0.6 is 0 Å². The first-order chi connectivity index (χ1) is 5.42. The average molecular weight is 177 g/mol. The van der Waals surface area contributed by atoms with Gasteiger partial charge in [-0.3, -0.25) is 9.18 Å². The maximum atomic E-state index is 12.0. The molecule has 0 aliphatic carbocycles. The Kier molecular flexibility index (Phi) is 4.17. The highest BCUT2D eigenvalue weighted by Crippen LogP contribution is 2.18. The number of alkyl halides is 1. The highest BCUT2D eigenvalue weighted by Gasteiger charge is 2.33. The Hall–Kier alpha value is -0.640. The van der Waals surface area contributed by atoms with Gasteiger partial charge in [0.15, 0.2) is 0 Å². The molecule has 0 saturated carbocycles. The zero-order chi connectivity index (χ0) is 9.78. The van der Waals surface area contributed by atoms with Gasteiger partial charge in [0.2, 0.25) is 0 Å². The molecule has 4 heteroatoms. The van der Waals surface area contributed by atoms with E-state index >= 15 is 0 Å². The van der Waals surface area contributed by atoms with Gasteiger partial charge in [-0.25, -0.2) is 0 Å². The summed E-state index contributed by atoms with van der Waals surface area (Å²) in [6.45, 7) is 3.04. The molecule has 0 aliphatic heterocycles. The van der Waals surface area contributed by atoms with E-state index in [1.165, 1.54) is 0 Å². The lowest BCUT2D eigenvalue weighted by Crippen LogP contribution is -2.49. The minimum absolute atomic E-state index is 0.111. The predicted octanol–water partition coefficient (Wildman–Crippen LogP) is 1.17. The molecule has 0 aromatic heterocycles. The van der Waals surface area contributed by atoms with Crippen LogP contribution in [0.25, 0.3) is 0 Å². The van der Waals surface area contributed by atoms with Crippen LogP contribution in [-0.4, -0.2) is 23.3 Å². The van der Waals surface area contributed by atoms with E-state index in [2.05, 4.69) is 0 Å². The van der Waals surface area contributed by atoms with Crippen LogP contribution in [-0.2, 0) is 4.79 Å². The second-order valence-electron chi connectivity index (χ2n) is 3.50. The molecule has 0 spiro atoms. The Morgan fingerprint density at radius 2 is 2.17 bits per heavy atom. The van der Waals surface area contributed by atoms with Crippen molar-refractivity contribution < 1.29 is 14.3 Å². The fourth-order valence-electron chi connectivity index (χ4n) is 1.19. The third-order valence-corrected chi connectivity index (χ3v) is 1.74. The van der Waals surface area contributed by atoms with Gasteiger partial charge in [-0.05, 0) is 12.3 Å². The van der Waals surface area contributed by atoms with E-state index in [0.29, 0.717) is 6.42 Å². The van der Waals surface area contributed by atoms with Gasteiger partial charge in [0, 0.05) is 6.42 Å². The van der Waals surface area contributed by atoms with Crippen molar-refractivity contribution in [2.45, 2.75) is 32.2 Å². The number of carboxylic acids is 1. The second kappa shape index (κ2) is 4.40. The number of aliphatic carboxylic acids is 1. The van der Waals surface area contributed by atoms with Crippen LogP contribution in [0.2, 0.25) is 0 Å². The third kappa shape index (κ3) is 3.17. The fourth-order valence-corrected chi connectivity index (χ4v) is 1.19. The fraction of sp³-hybridized carbons (Fsp3) is 0.875. The van der Waals surface area contributed by atoms with Crippen molar-refractivity contribution in [3.8, 4) is 0 Å². The molecule has 0 bridgehead atoms. The van der Waals surface area contributed by atoms with Gasteiger partial charge in [0.1, 0.15) is 5.54 Å². The zero-order valence-electron chi connectivity index (χ0n) is 7.51. The van der Waals surface area contributed by atoms with Crippen LogP contribution in [0.5, 0.6) is 0 Å². The van der Waals surface area contributed by atoms with Crippen LogP contribution in [0, 0.1) is 5.92 Å². The minimum atomic E-state index is -1.39. The SMILES string of the molecule is CC(C)C[C@](N)(CCF)C(=O)O. The molecule has 0 heterocycles. The number of hydrogen-bond acceptors (Lipinski definition) is 2. The minimum Gasteiger partial charge on any atom is -0.480 e. The first-order valence-electron chi connectivity index (χ1n) is 4.00. The van der Waals surface area contributed by atoms with Crippen LogP contribution in [0.3, 0.4) is 0 Å². The molecule has 0 unspecified atom stereocenters. The van der Waals surface area contributed by atoms with Crippen molar-refractivity contribution in [1.82, 2.24) is 0 Å². The van der Waals surface area contributed by atoms with Gasteiger partial charge in [-0.1, -0.05) is 13.8 Å². The van der Waals surface area contributed by atoms with Gasteiger partial charge < -0.3 is 10.8 Å². The summed E-state index contributed by atoms with van der Waals surface area (Å²) in [7, 11) is 0. The van der Waals surface area contributed by atoms with Gasteiger partial charge in [0.25, 0.3) is 0 Å². The van der Waals surface area contributed by atoms with E-state index in [1.54, 1.807) is 0 Å². The molecule has 3 nitrogen and oxygen atoms in total. The van der Waals surface area contributed by atoms with Crippen LogP contribution in [0.4, 0.5) is 4.39 Å². The highest BCUT2D eigenvalue weighted by atomic mass is 19.1. The van der Waals surface area contributed by atoms with Gasteiger partial charge in [-0.15, -0.1) is 0 Å². The lowest BCUT2D eigenvalue weighted by atomic mass is 9.87. The van der Waals surface area contributed by atoms with Gasteiger partial charge >= 0.3 is 5.97 Å². The Balaban J connectivity index is 4.28. The summed E-state index contributed by atoms with van der Waals surface area (Å²) in [5.74, 6) is -0.952. The number of rotatable bonds is 5. The quantitative estimate of drug-likeness (QED) is 0.662. The van der Waals surface area contributed by atoms with E-state index in [1.807, 2.05) is 13.8 Å². The molecule has 0 rings (SSSR count). The first kappa shape index (κ1) is 11.4. The first-order valence-corrected chi connectivity index (χ1v) is 4.00. The summed E-state index contributed by atoms with van der Waals surface area (Å²) >= 11 is 0. The lowest BCUT2D eigenvalue weighted by Gasteiger charge is -2.25. The smallest absolute Gasteiger partial charge is 0.323 e. The Morgan fingerprint density at radius 3 is 2.42 bits per heavy atom. The molecule has 0 saturated heterocycles. The summed E-state index contributed by atoms with van der Waals surface area (Å²) in [6.07, 6.45) is 0.201. The van der Waals surface area contributed by atoms with Crippen LogP contribution in [0.1, 0.15) is 26.7 Å². The van der Waals surface area contributed by atoms with E-state index < -0.39 is 18.2 Å². The zero-order valence-corrected chi connectivity index (χ0v) is 7.51. The van der Waals surface area contributed by atoms with Crippen molar-refractivity contribution in [2.75, 3.05) is 6.67 Å². The van der Waals surface area contributed by atoms with Crippen molar-refractivity contribution in [3.05, 3.63) is 0 Å². The van der Waals surface area contributed by atoms with E-state index in [4.69, 9.17) is 10.8 Å². The van der Waals surface area contributed by atoms with Crippen molar-refractivity contribution in [3.63, 3.8) is 0 Å². The maximum absolute atomic E-state index is 12.0. The molecule has 0 fully saturated rings. The summed E-state index contributed by atoms with van der Waals surface area (Å²) < 4.78 is 12.0. The number of carbonyl (C=O) groups is 1. The highest BCUT2D eigenvalue weighted by molar-refractivity contribution is 5.78. The molecule has 3 N–H and O–H groups in total. The van der Waals surface area contributed by atoms with Crippen molar-refractivity contribution in [1.29, 1.82) is 0 Å². The van der Waals surface area contributed by atoms with Crippen LogP contribution in [0.15, 0.2) is 0 Å². The number of carboxylic acid groups (broad SMARTS) is 1. The van der Waals surface area contributed by atoms with Gasteiger partial charge in [-0.2, -0.15) is 0 Å².